The second-order valence-electron chi connectivity index (χ2n) is 8.43. The van der Waals surface area contributed by atoms with E-state index in [-0.39, 0.29) is 22.5 Å². The molecule has 1 aliphatic heterocycles. The van der Waals surface area contributed by atoms with Crippen LogP contribution in [0.1, 0.15) is 32.5 Å². The molecule has 0 aromatic heterocycles. The molecule has 0 radical (unpaired) electrons. The molecule has 12 nitrogen and oxygen atoms in total. The second kappa shape index (κ2) is 10.3. The third-order valence-electron chi connectivity index (χ3n) is 5.93. The van der Waals surface area contributed by atoms with E-state index in [9.17, 15) is 29.8 Å². The first-order valence-electron chi connectivity index (χ1n) is 11.6. The van der Waals surface area contributed by atoms with Crippen molar-refractivity contribution < 1.29 is 24.2 Å². The van der Waals surface area contributed by atoms with Crippen LogP contribution in [0.2, 0.25) is 0 Å². The maximum Gasteiger partial charge on any atom is 0.282 e. The van der Waals surface area contributed by atoms with Gasteiger partial charge in [0, 0.05) is 29.1 Å². The highest BCUT2D eigenvalue weighted by Gasteiger charge is 2.25. The number of ether oxygens (including phenoxy) is 1. The third kappa shape index (κ3) is 5.20. The zero-order valence-corrected chi connectivity index (χ0v) is 20.0. The molecule has 0 spiro atoms. The van der Waals surface area contributed by atoms with Crippen molar-refractivity contribution in [3.63, 3.8) is 0 Å². The van der Waals surface area contributed by atoms with Gasteiger partial charge in [-0.2, -0.15) is 0 Å². The van der Waals surface area contributed by atoms with Crippen LogP contribution in [-0.2, 0) is 0 Å². The van der Waals surface area contributed by atoms with Crippen LogP contribution in [0.25, 0.3) is 0 Å². The minimum absolute atomic E-state index is 0.0485. The maximum absolute atomic E-state index is 12.6. The van der Waals surface area contributed by atoms with E-state index in [1.807, 2.05) is 0 Å². The lowest BCUT2D eigenvalue weighted by atomic mass is 10.1. The van der Waals surface area contributed by atoms with Gasteiger partial charge in [0.25, 0.3) is 23.2 Å². The number of carbonyl (C=O) groups is 2. The largest absolute Gasteiger partial charge is 0.464 e. The molecule has 0 saturated heterocycles. The predicted molar refractivity (Wildman–Crippen MR) is 142 cm³/mol. The molecule has 0 fully saturated rings. The summed E-state index contributed by atoms with van der Waals surface area (Å²) in [6.45, 7) is 0. The molecular formula is C27H19N5O7. The Balaban J connectivity index is 1.25. The van der Waals surface area contributed by atoms with Crippen molar-refractivity contribution in [2.75, 3.05) is 16.0 Å². The average Bonchev–Trinajstić information content (AvgIpc) is 3.37. The van der Waals surface area contributed by atoms with Gasteiger partial charge < -0.3 is 20.7 Å². The molecule has 0 saturated carbocycles. The van der Waals surface area contributed by atoms with Gasteiger partial charge in [0.1, 0.15) is 16.9 Å². The number of benzene rings is 4. The molecule has 12 heteroatoms. The summed E-state index contributed by atoms with van der Waals surface area (Å²) in [7, 11) is 0. The maximum atomic E-state index is 12.6. The van der Waals surface area contributed by atoms with E-state index in [0.29, 0.717) is 22.8 Å². The lowest BCUT2D eigenvalue weighted by molar-refractivity contribution is -0.385. The number of carbonyl (C=O) groups excluding carboxylic acids is 2. The zero-order chi connectivity index (χ0) is 27.5. The van der Waals surface area contributed by atoms with Crippen molar-refractivity contribution in [2.45, 2.75) is 6.23 Å². The molecule has 4 aromatic rings. The first kappa shape index (κ1) is 24.9. The number of fused-ring (bicyclic) bond motifs is 1. The molecule has 194 valence electrons. The SMILES string of the molecule is O=C(Nc1ccc(C2Nc3cc(NC(=O)c4ccccc4[N+](=O)[O-])ccc3O2)cc1)c1ccccc1[N+](=O)[O-]. The van der Waals surface area contributed by atoms with Gasteiger partial charge >= 0.3 is 0 Å². The summed E-state index contributed by atoms with van der Waals surface area (Å²) < 4.78 is 5.95. The first-order valence-corrected chi connectivity index (χ1v) is 11.6. The normalized spacial score (nSPS) is 13.4. The number of para-hydroxylation sites is 2. The average molecular weight is 525 g/mol. The number of nitrogens with zero attached hydrogens (tertiary/aromatic N) is 2. The number of nitro groups is 2. The third-order valence-corrected chi connectivity index (χ3v) is 5.93. The van der Waals surface area contributed by atoms with E-state index in [2.05, 4.69) is 16.0 Å². The Bertz CT molecular complexity index is 1620. The monoisotopic (exact) mass is 525 g/mol. The fourth-order valence-corrected chi connectivity index (χ4v) is 4.06. The summed E-state index contributed by atoms with van der Waals surface area (Å²) in [6.07, 6.45) is -0.555. The van der Waals surface area contributed by atoms with Gasteiger partial charge in [-0.05, 0) is 42.5 Å². The number of hydrogen-bond donors (Lipinski definition) is 3. The van der Waals surface area contributed by atoms with E-state index in [4.69, 9.17) is 4.74 Å². The van der Waals surface area contributed by atoms with Crippen molar-refractivity contribution in [2.24, 2.45) is 0 Å². The highest BCUT2D eigenvalue weighted by atomic mass is 16.6. The molecular weight excluding hydrogens is 506 g/mol. The van der Waals surface area contributed by atoms with Crippen LogP contribution in [0.5, 0.6) is 5.75 Å². The minimum atomic E-state index is -0.615. The van der Waals surface area contributed by atoms with Gasteiger partial charge in [0.2, 0.25) is 0 Å². The van der Waals surface area contributed by atoms with E-state index < -0.39 is 27.9 Å². The Morgan fingerprint density at radius 3 is 1.79 bits per heavy atom. The number of rotatable bonds is 7. The molecule has 2 amide bonds. The Kier molecular flexibility index (Phi) is 6.57. The molecule has 1 atom stereocenters. The lowest BCUT2D eigenvalue weighted by Crippen LogP contribution is -2.14. The minimum Gasteiger partial charge on any atom is -0.464 e. The summed E-state index contributed by atoms with van der Waals surface area (Å²) in [5, 5.41) is 30.9. The van der Waals surface area contributed by atoms with Crippen molar-refractivity contribution in [1.82, 2.24) is 0 Å². The number of nitrogens with one attached hydrogen (secondary N) is 3. The molecule has 39 heavy (non-hydrogen) atoms. The summed E-state index contributed by atoms with van der Waals surface area (Å²) in [4.78, 5) is 46.4. The van der Waals surface area contributed by atoms with Gasteiger partial charge in [0.05, 0.1) is 15.5 Å². The molecule has 1 unspecified atom stereocenters. The van der Waals surface area contributed by atoms with Crippen molar-refractivity contribution in [3.8, 4) is 5.75 Å². The fraction of sp³-hybridized carbons (Fsp3) is 0.0370. The van der Waals surface area contributed by atoms with Gasteiger partial charge in [-0.3, -0.25) is 29.8 Å². The number of anilines is 3. The second-order valence-corrected chi connectivity index (χ2v) is 8.43. The molecule has 0 aliphatic carbocycles. The Hall–Kier alpha value is -5.78. The molecule has 1 aliphatic rings. The molecule has 1 heterocycles. The highest BCUT2D eigenvalue weighted by molar-refractivity contribution is 6.07. The van der Waals surface area contributed by atoms with Crippen LogP contribution in [0.3, 0.4) is 0 Å². The van der Waals surface area contributed by atoms with Crippen molar-refractivity contribution in [1.29, 1.82) is 0 Å². The van der Waals surface area contributed by atoms with Crippen LogP contribution in [-0.4, -0.2) is 21.7 Å². The Morgan fingerprint density at radius 1 is 0.718 bits per heavy atom. The van der Waals surface area contributed by atoms with E-state index in [1.165, 1.54) is 36.4 Å². The van der Waals surface area contributed by atoms with Crippen LogP contribution >= 0.6 is 0 Å². The van der Waals surface area contributed by atoms with Gasteiger partial charge in [0.15, 0.2) is 6.23 Å². The summed E-state index contributed by atoms with van der Waals surface area (Å²) >= 11 is 0. The summed E-state index contributed by atoms with van der Waals surface area (Å²) in [5.74, 6) is -0.679. The van der Waals surface area contributed by atoms with Gasteiger partial charge in [-0.1, -0.05) is 36.4 Å². The zero-order valence-electron chi connectivity index (χ0n) is 20.0. The summed E-state index contributed by atoms with van der Waals surface area (Å²) in [6, 6.07) is 23.1. The molecule has 3 N–H and O–H groups in total. The van der Waals surface area contributed by atoms with E-state index >= 15 is 0 Å². The van der Waals surface area contributed by atoms with Gasteiger partial charge in [-0.25, -0.2) is 0 Å². The number of hydrogen-bond acceptors (Lipinski definition) is 8. The quantitative estimate of drug-likeness (QED) is 0.210. The highest BCUT2D eigenvalue weighted by Crippen LogP contribution is 2.39. The number of nitro benzene ring substituents is 2. The van der Waals surface area contributed by atoms with Gasteiger partial charge in [-0.15, -0.1) is 0 Å². The van der Waals surface area contributed by atoms with Crippen LogP contribution in [0.15, 0.2) is 91.0 Å². The lowest BCUT2D eigenvalue weighted by Gasteiger charge is -2.12. The van der Waals surface area contributed by atoms with Crippen molar-refractivity contribution >= 4 is 40.3 Å². The van der Waals surface area contributed by atoms with Crippen molar-refractivity contribution in [3.05, 3.63) is 128 Å². The van der Waals surface area contributed by atoms with Crippen LogP contribution in [0, 0.1) is 20.2 Å². The standard InChI is InChI=1S/C27H19N5O7/c33-25(19-5-1-3-7-22(19)31(35)36)28-17-11-9-16(10-12-17)27-30-21-15-18(13-14-24(21)39-27)29-26(34)20-6-2-4-8-23(20)32(37)38/h1-15,27,30H,(H,28,33)(H,29,34). The Morgan fingerprint density at radius 2 is 1.23 bits per heavy atom. The summed E-state index contributed by atoms with van der Waals surface area (Å²) in [5.41, 5.74) is 1.52. The van der Waals surface area contributed by atoms with E-state index in [0.717, 1.165) is 5.56 Å². The Labute approximate surface area is 220 Å². The van der Waals surface area contributed by atoms with Crippen LogP contribution in [0.4, 0.5) is 28.4 Å². The topological polar surface area (TPSA) is 166 Å². The number of amides is 2. The predicted octanol–water partition coefficient (Wildman–Crippen LogP) is 5.51. The van der Waals surface area contributed by atoms with E-state index in [1.54, 1.807) is 54.6 Å². The fourth-order valence-electron chi connectivity index (χ4n) is 4.06. The molecule has 0 bridgehead atoms. The molecule has 5 rings (SSSR count). The van der Waals surface area contributed by atoms with Crippen LogP contribution < -0.4 is 20.7 Å². The first-order chi connectivity index (χ1) is 18.8. The smallest absolute Gasteiger partial charge is 0.282 e. The molecule has 4 aromatic carbocycles.